The number of rotatable bonds is 5. The molecule has 28 heavy (non-hydrogen) atoms. The molecule has 0 bridgehead atoms. The van der Waals surface area contributed by atoms with Crippen LogP contribution in [0.5, 0.6) is 11.5 Å². The Morgan fingerprint density at radius 3 is 2.71 bits per heavy atom. The molecule has 0 unspecified atom stereocenters. The summed E-state index contributed by atoms with van der Waals surface area (Å²) in [5, 5.41) is 0. The van der Waals surface area contributed by atoms with Crippen LogP contribution in [0.2, 0.25) is 0 Å². The number of nitrogens with zero attached hydrogens (tertiary/aromatic N) is 2. The van der Waals surface area contributed by atoms with Crippen molar-refractivity contribution in [2.45, 2.75) is 44.7 Å². The molecule has 1 spiro atoms. The summed E-state index contributed by atoms with van der Waals surface area (Å²) < 4.78 is 16.5. The average molecular weight is 389 g/mol. The SMILES string of the molecule is COc1cccc(CN2CCC[C@]3(CCN(C4CCOCC4)C3)C2=O)c1OC. The summed E-state index contributed by atoms with van der Waals surface area (Å²) in [6.07, 6.45) is 5.25. The number of ether oxygens (including phenoxy) is 3. The van der Waals surface area contributed by atoms with Crippen molar-refractivity contribution in [2.24, 2.45) is 5.41 Å². The number of piperidine rings is 1. The number of hydrogen-bond donors (Lipinski definition) is 0. The van der Waals surface area contributed by atoms with E-state index in [1.165, 1.54) is 0 Å². The van der Waals surface area contributed by atoms with Crippen LogP contribution in [0.3, 0.4) is 0 Å². The second-order valence-corrected chi connectivity index (χ2v) is 8.33. The van der Waals surface area contributed by atoms with Crippen LogP contribution >= 0.6 is 0 Å². The Kier molecular flexibility index (Phi) is 5.78. The quantitative estimate of drug-likeness (QED) is 0.776. The minimum Gasteiger partial charge on any atom is -0.493 e. The van der Waals surface area contributed by atoms with Crippen molar-refractivity contribution in [1.82, 2.24) is 9.80 Å². The van der Waals surface area contributed by atoms with E-state index in [0.29, 0.717) is 24.2 Å². The Morgan fingerprint density at radius 2 is 1.96 bits per heavy atom. The third-order valence-corrected chi connectivity index (χ3v) is 6.76. The van der Waals surface area contributed by atoms with Crippen LogP contribution in [-0.4, -0.2) is 68.8 Å². The van der Waals surface area contributed by atoms with Crippen LogP contribution in [0.4, 0.5) is 0 Å². The Labute approximate surface area is 167 Å². The summed E-state index contributed by atoms with van der Waals surface area (Å²) in [6, 6.07) is 6.46. The molecular formula is C22H32N2O4. The van der Waals surface area contributed by atoms with Crippen LogP contribution in [0, 0.1) is 5.41 Å². The first kappa shape index (κ1) is 19.5. The van der Waals surface area contributed by atoms with E-state index in [-0.39, 0.29) is 5.41 Å². The van der Waals surface area contributed by atoms with Gasteiger partial charge in [0.2, 0.25) is 5.91 Å². The van der Waals surface area contributed by atoms with E-state index in [0.717, 1.165) is 76.3 Å². The maximum Gasteiger partial charge on any atom is 0.230 e. The molecule has 0 saturated carbocycles. The van der Waals surface area contributed by atoms with E-state index < -0.39 is 0 Å². The van der Waals surface area contributed by atoms with Crippen molar-refractivity contribution >= 4 is 5.91 Å². The molecule has 0 N–H and O–H groups in total. The lowest BCUT2D eigenvalue weighted by Gasteiger charge is -2.40. The summed E-state index contributed by atoms with van der Waals surface area (Å²) in [5.74, 6) is 1.76. The molecule has 6 heteroatoms. The van der Waals surface area contributed by atoms with Crippen LogP contribution in [-0.2, 0) is 16.1 Å². The largest absolute Gasteiger partial charge is 0.493 e. The number of para-hydroxylation sites is 1. The monoisotopic (exact) mass is 388 g/mol. The van der Waals surface area contributed by atoms with E-state index in [1.807, 2.05) is 23.1 Å². The highest BCUT2D eigenvalue weighted by atomic mass is 16.5. The molecule has 0 aromatic heterocycles. The Morgan fingerprint density at radius 1 is 1.14 bits per heavy atom. The van der Waals surface area contributed by atoms with E-state index in [9.17, 15) is 4.79 Å². The Bertz CT molecular complexity index is 704. The van der Waals surface area contributed by atoms with Gasteiger partial charge in [-0.25, -0.2) is 0 Å². The van der Waals surface area contributed by atoms with Crippen LogP contribution in [0.25, 0.3) is 0 Å². The fraction of sp³-hybridized carbons (Fsp3) is 0.682. The maximum absolute atomic E-state index is 13.5. The Balaban J connectivity index is 1.48. The lowest BCUT2D eigenvalue weighted by Crippen LogP contribution is -2.50. The first-order chi connectivity index (χ1) is 13.7. The van der Waals surface area contributed by atoms with E-state index in [2.05, 4.69) is 4.90 Å². The molecule has 0 radical (unpaired) electrons. The van der Waals surface area contributed by atoms with Gasteiger partial charge in [-0.05, 0) is 44.7 Å². The molecule has 1 amide bonds. The highest BCUT2D eigenvalue weighted by Crippen LogP contribution is 2.42. The van der Waals surface area contributed by atoms with Gasteiger partial charge >= 0.3 is 0 Å². The van der Waals surface area contributed by atoms with Gasteiger partial charge in [0.15, 0.2) is 11.5 Å². The van der Waals surface area contributed by atoms with Gasteiger partial charge in [-0.1, -0.05) is 12.1 Å². The van der Waals surface area contributed by atoms with Crippen molar-refractivity contribution in [2.75, 3.05) is 47.1 Å². The number of amides is 1. The van der Waals surface area contributed by atoms with Gasteiger partial charge < -0.3 is 19.1 Å². The topological polar surface area (TPSA) is 51.2 Å². The maximum atomic E-state index is 13.5. The lowest BCUT2D eigenvalue weighted by atomic mass is 9.78. The molecule has 0 aliphatic carbocycles. The summed E-state index contributed by atoms with van der Waals surface area (Å²) in [5.41, 5.74) is 0.800. The second-order valence-electron chi connectivity index (χ2n) is 8.33. The molecule has 1 aromatic carbocycles. The van der Waals surface area contributed by atoms with E-state index >= 15 is 0 Å². The van der Waals surface area contributed by atoms with Gasteiger partial charge in [0.05, 0.1) is 19.6 Å². The summed E-state index contributed by atoms with van der Waals surface area (Å²) in [6.45, 7) is 5.04. The summed E-state index contributed by atoms with van der Waals surface area (Å²) >= 11 is 0. The molecule has 3 aliphatic rings. The zero-order valence-electron chi connectivity index (χ0n) is 17.1. The van der Waals surface area contributed by atoms with E-state index in [4.69, 9.17) is 14.2 Å². The van der Waals surface area contributed by atoms with Crippen molar-refractivity contribution < 1.29 is 19.0 Å². The molecule has 154 valence electrons. The average Bonchev–Trinajstić information content (AvgIpc) is 3.17. The van der Waals surface area contributed by atoms with Crippen LogP contribution < -0.4 is 9.47 Å². The van der Waals surface area contributed by atoms with Gasteiger partial charge in [0.25, 0.3) is 0 Å². The smallest absolute Gasteiger partial charge is 0.230 e. The number of hydrogen-bond acceptors (Lipinski definition) is 5. The van der Waals surface area contributed by atoms with Gasteiger partial charge in [-0.3, -0.25) is 9.69 Å². The molecule has 3 heterocycles. The predicted molar refractivity (Wildman–Crippen MR) is 107 cm³/mol. The molecule has 1 atom stereocenters. The summed E-state index contributed by atoms with van der Waals surface area (Å²) in [4.78, 5) is 18.1. The molecule has 3 saturated heterocycles. The Hall–Kier alpha value is -1.79. The highest BCUT2D eigenvalue weighted by molar-refractivity contribution is 5.84. The normalized spacial score (nSPS) is 26.8. The van der Waals surface area contributed by atoms with Crippen molar-refractivity contribution in [3.8, 4) is 11.5 Å². The van der Waals surface area contributed by atoms with E-state index in [1.54, 1.807) is 14.2 Å². The molecule has 3 fully saturated rings. The number of carbonyl (C=O) groups is 1. The minimum absolute atomic E-state index is 0.206. The molecular weight excluding hydrogens is 356 g/mol. The molecule has 6 nitrogen and oxygen atoms in total. The van der Waals surface area contributed by atoms with Crippen molar-refractivity contribution in [3.05, 3.63) is 23.8 Å². The number of carbonyl (C=O) groups excluding carboxylic acids is 1. The summed E-state index contributed by atoms with van der Waals surface area (Å²) in [7, 11) is 3.30. The molecule has 1 aromatic rings. The zero-order valence-corrected chi connectivity index (χ0v) is 17.1. The van der Waals surface area contributed by atoms with Crippen molar-refractivity contribution in [1.29, 1.82) is 0 Å². The van der Waals surface area contributed by atoms with Crippen molar-refractivity contribution in [3.63, 3.8) is 0 Å². The zero-order chi connectivity index (χ0) is 19.6. The van der Waals surface area contributed by atoms with Crippen LogP contribution in [0.1, 0.15) is 37.7 Å². The lowest BCUT2D eigenvalue weighted by molar-refractivity contribution is -0.146. The van der Waals surface area contributed by atoms with Gasteiger partial charge in [-0.15, -0.1) is 0 Å². The van der Waals surface area contributed by atoms with Gasteiger partial charge in [0, 0.05) is 44.5 Å². The third kappa shape index (κ3) is 3.60. The third-order valence-electron chi connectivity index (χ3n) is 6.76. The molecule has 4 rings (SSSR count). The number of likely N-dealkylation sites (tertiary alicyclic amines) is 2. The second kappa shape index (κ2) is 8.29. The number of methoxy groups -OCH3 is 2. The van der Waals surface area contributed by atoms with Crippen LogP contribution in [0.15, 0.2) is 18.2 Å². The highest BCUT2D eigenvalue weighted by Gasteiger charge is 2.49. The molecule has 3 aliphatic heterocycles. The predicted octanol–water partition coefficient (Wildman–Crippen LogP) is 2.70. The number of benzene rings is 1. The minimum atomic E-state index is -0.206. The fourth-order valence-electron chi connectivity index (χ4n) is 5.23. The first-order valence-electron chi connectivity index (χ1n) is 10.5. The van der Waals surface area contributed by atoms with Gasteiger partial charge in [0.1, 0.15) is 0 Å². The standard InChI is InChI=1S/C22H32N2O4/c1-26-19-6-3-5-17(20(19)27-2)15-23-11-4-9-22(21(23)25)10-12-24(16-22)18-7-13-28-14-8-18/h3,5-6,18H,4,7-16H2,1-2H3/t22-/m1/s1. The fourth-order valence-corrected chi connectivity index (χ4v) is 5.23. The van der Waals surface area contributed by atoms with Gasteiger partial charge in [-0.2, -0.15) is 0 Å². The first-order valence-corrected chi connectivity index (χ1v) is 10.5.